The Kier molecular flexibility index (Phi) is 6.32. The van der Waals surface area contributed by atoms with Crippen LogP contribution in [-0.2, 0) is 19.5 Å². The van der Waals surface area contributed by atoms with E-state index < -0.39 is 12.6 Å². The van der Waals surface area contributed by atoms with E-state index in [1.54, 1.807) is 13.1 Å². The summed E-state index contributed by atoms with van der Waals surface area (Å²) in [5.41, 5.74) is 11.1. The number of likely N-dealkylation sites (tertiary alicyclic amines) is 1. The Morgan fingerprint density at radius 2 is 1.87 bits per heavy atom. The summed E-state index contributed by atoms with van der Waals surface area (Å²) >= 11 is 1.10. The number of hydrogen-bond donors (Lipinski definition) is 2. The molecule has 0 amide bonds. The second-order valence-electron chi connectivity index (χ2n) is 14.4. The van der Waals surface area contributed by atoms with E-state index in [0.29, 0.717) is 16.2 Å². The predicted molar refractivity (Wildman–Crippen MR) is 170 cm³/mol. The number of aryl methyl sites for hydroxylation is 1. The van der Waals surface area contributed by atoms with Crippen LogP contribution in [0.2, 0.25) is 0 Å². The molecule has 9 rings (SSSR count). The molecule has 1 unspecified atom stereocenters. The average molecular weight is 635 g/mol. The molecule has 1 spiro atoms. The number of halogens is 3. The monoisotopic (exact) mass is 634 g/mol. The van der Waals surface area contributed by atoms with Gasteiger partial charge in [0.1, 0.15) is 22.4 Å². The zero-order valence-electron chi connectivity index (χ0n) is 25.6. The van der Waals surface area contributed by atoms with Crippen LogP contribution in [0.15, 0.2) is 24.3 Å². The first-order valence-electron chi connectivity index (χ1n) is 15.7. The van der Waals surface area contributed by atoms with Gasteiger partial charge in [0.25, 0.3) is 0 Å². The number of alkyl halides is 3. The Labute approximate surface area is 264 Å². The standard InChI is InChI=1S/C33H37F3N8S/c1-20-21(3-4-26-24(20)9-22(12-37)44(26)19-31-14-32(38,15-31)16-31)13-42-7-5-30(17-42)6-8-43(18-30)27-25-10-23(11-33(34,35)36)45-28(25)41-29(39-2)40-27/h3-4,9-10H,5-8,11,13-19,38H2,1-2H3,(H,39,40,41). The lowest BCUT2D eigenvalue weighted by atomic mass is 9.40. The minimum atomic E-state index is -4.26. The van der Waals surface area contributed by atoms with E-state index in [0.717, 1.165) is 105 Å². The van der Waals surface area contributed by atoms with Crippen LogP contribution in [0.3, 0.4) is 0 Å². The summed E-state index contributed by atoms with van der Waals surface area (Å²) in [6.07, 6.45) is 0.0378. The van der Waals surface area contributed by atoms with Crippen LogP contribution in [0, 0.1) is 29.1 Å². The van der Waals surface area contributed by atoms with Crippen molar-refractivity contribution in [1.29, 1.82) is 5.26 Å². The number of benzene rings is 1. The molecule has 5 fully saturated rings. The number of anilines is 2. The van der Waals surface area contributed by atoms with E-state index in [2.05, 4.69) is 55.9 Å². The summed E-state index contributed by atoms with van der Waals surface area (Å²) in [7, 11) is 1.73. The van der Waals surface area contributed by atoms with Crippen molar-refractivity contribution in [1.82, 2.24) is 19.4 Å². The molecule has 1 atom stereocenters. The smallest absolute Gasteiger partial charge is 0.357 e. The maximum atomic E-state index is 13.2. The van der Waals surface area contributed by atoms with Gasteiger partial charge in [-0.25, -0.2) is 4.98 Å². The van der Waals surface area contributed by atoms with E-state index in [1.165, 1.54) is 11.1 Å². The van der Waals surface area contributed by atoms with Crippen molar-refractivity contribution in [2.24, 2.45) is 16.6 Å². The summed E-state index contributed by atoms with van der Waals surface area (Å²) < 4.78 is 41.7. The number of thiophene rings is 1. The largest absolute Gasteiger partial charge is 0.393 e. The summed E-state index contributed by atoms with van der Waals surface area (Å²) in [4.78, 5) is 14.8. The molecule has 3 saturated carbocycles. The highest BCUT2D eigenvalue weighted by Gasteiger charge is 2.65. The highest BCUT2D eigenvalue weighted by atomic mass is 32.1. The highest BCUT2D eigenvalue weighted by molar-refractivity contribution is 7.18. The SMILES string of the molecule is CNc1nc(N2CCC3(CCN(Cc4ccc5c(cc(C#N)n5CC56CC(N)(C5)C6)c4C)C3)C2)c2cc(CC(F)(F)F)sc2n1. The fourth-order valence-corrected chi connectivity index (χ4v) is 10.0. The van der Waals surface area contributed by atoms with Crippen LogP contribution >= 0.6 is 11.3 Å². The van der Waals surface area contributed by atoms with Gasteiger partial charge in [0, 0.05) is 66.5 Å². The van der Waals surface area contributed by atoms with Crippen molar-refractivity contribution in [2.75, 3.05) is 43.4 Å². The Bertz CT molecular complexity index is 1870. The van der Waals surface area contributed by atoms with Crippen molar-refractivity contribution in [3.63, 3.8) is 0 Å². The van der Waals surface area contributed by atoms with Crippen LogP contribution in [0.1, 0.15) is 53.8 Å². The fourth-order valence-electron chi connectivity index (χ4n) is 8.99. The molecule has 4 aromatic rings. The molecule has 2 aliphatic heterocycles. The van der Waals surface area contributed by atoms with Crippen molar-refractivity contribution in [3.05, 3.63) is 46.0 Å². The van der Waals surface area contributed by atoms with Gasteiger partial charge in [-0.05, 0) is 80.3 Å². The van der Waals surface area contributed by atoms with Crippen LogP contribution in [0.25, 0.3) is 21.1 Å². The Balaban J connectivity index is 0.994. The molecule has 236 valence electrons. The van der Waals surface area contributed by atoms with Gasteiger partial charge in [0.15, 0.2) is 0 Å². The Hall–Kier alpha value is -3.40. The average Bonchev–Trinajstić information content (AvgIpc) is 3.73. The molecule has 12 heteroatoms. The van der Waals surface area contributed by atoms with E-state index in [4.69, 9.17) is 10.7 Å². The first-order valence-corrected chi connectivity index (χ1v) is 16.5. The third kappa shape index (κ3) is 4.86. The quantitative estimate of drug-likeness (QED) is 0.259. The van der Waals surface area contributed by atoms with Crippen molar-refractivity contribution < 1.29 is 13.2 Å². The second kappa shape index (κ2) is 9.80. The second-order valence-corrected chi connectivity index (χ2v) is 15.5. The van der Waals surface area contributed by atoms with Crippen LogP contribution in [-0.4, -0.2) is 64.4 Å². The molecule has 2 bridgehead atoms. The van der Waals surface area contributed by atoms with Gasteiger partial charge in [0.05, 0.1) is 11.8 Å². The van der Waals surface area contributed by atoms with Crippen LogP contribution < -0.4 is 16.0 Å². The van der Waals surface area contributed by atoms with Crippen molar-refractivity contribution >= 4 is 44.2 Å². The Morgan fingerprint density at radius 1 is 1.09 bits per heavy atom. The Morgan fingerprint density at radius 3 is 2.58 bits per heavy atom. The number of aromatic nitrogens is 3. The lowest BCUT2D eigenvalue weighted by Crippen LogP contribution is -2.73. The number of hydrogen-bond acceptors (Lipinski definition) is 8. The predicted octanol–water partition coefficient (Wildman–Crippen LogP) is 5.96. The summed E-state index contributed by atoms with van der Waals surface area (Å²) in [5, 5.41) is 14.8. The third-order valence-electron chi connectivity index (χ3n) is 10.9. The summed E-state index contributed by atoms with van der Waals surface area (Å²) in [5.74, 6) is 1.16. The molecule has 1 aromatic carbocycles. The first-order chi connectivity index (χ1) is 21.4. The lowest BCUT2D eigenvalue weighted by molar-refractivity contribution is -0.141. The first kappa shape index (κ1) is 29.0. The normalized spacial score (nSPS) is 27.8. The van der Waals surface area contributed by atoms with Gasteiger partial charge in [-0.1, -0.05) is 6.07 Å². The molecule has 45 heavy (non-hydrogen) atoms. The fraction of sp³-hybridized carbons (Fsp3) is 0.545. The summed E-state index contributed by atoms with van der Waals surface area (Å²) in [6, 6.07) is 10.6. The van der Waals surface area contributed by atoms with E-state index in [9.17, 15) is 18.4 Å². The van der Waals surface area contributed by atoms with Gasteiger partial charge in [0.2, 0.25) is 5.95 Å². The minimum Gasteiger partial charge on any atom is -0.357 e. The molecule has 3 N–H and O–H groups in total. The van der Waals surface area contributed by atoms with E-state index in [1.807, 2.05) is 0 Å². The molecule has 3 aromatic heterocycles. The van der Waals surface area contributed by atoms with Gasteiger partial charge in [-0.3, -0.25) is 4.90 Å². The zero-order chi connectivity index (χ0) is 31.4. The van der Waals surface area contributed by atoms with Gasteiger partial charge in [-0.2, -0.15) is 23.4 Å². The molecule has 8 nitrogen and oxygen atoms in total. The van der Waals surface area contributed by atoms with Crippen molar-refractivity contribution in [2.45, 2.75) is 70.3 Å². The number of nitrogens with one attached hydrogen (secondary N) is 1. The molecule has 0 radical (unpaired) electrons. The minimum absolute atomic E-state index is 0.0447. The van der Waals surface area contributed by atoms with E-state index >= 15 is 0 Å². The van der Waals surface area contributed by atoms with Gasteiger partial charge < -0.3 is 20.5 Å². The maximum absolute atomic E-state index is 13.2. The molecule has 3 aliphatic carbocycles. The zero-order valence-corrected chi connectivity index (χ0v) is 26.4. The number of nitriles is 1. The molecular formula is C33H37F3N8S. The van der Waals surface area contributed by atoms with Crippen LogP contribution in [0.4, 0.5) is 24.9 Å². The molecule has 2 saturated heterocycles. The summed E-state index contributed by atoms with van der Waals surface area (Å²) in [6.45, 7) is 7.49. The molecule has 5 heterocycles. The van der Waals surface area contributed by atoms with Gasteiger partial charge >= 0.3 is 6.18 Å². The number of nitrogens with two attached hydrogens (primary N) is 1. The van der Waals surface area contributed by atoms with Crippen molar-refractivity contribution in [3.8, 4) is 6.07 Å². The highest BCUT2D eigenvalue weighted by Crippen LogP contribution is 2.66. The number of nitrogens with zero attached hydrogens (tertiary/aromatic N) is 6. The van der Waals surface area contributed by atoms with E-state index in [-0.39, 0.29) is 21.2 Å². The number of fused-ring (bicyclic) bond motifs is 2. The maximum Gasteiger partial charge on any atom is 0.393 e. The third-order valence-corrected chi connectivity index (χ3v) is 12.0. The van der Waals surface area contributed by atoms with Crippen LogP contribution in [0.5, 0.6) is 0 Å². The topological polar surface area (TPSA) is 99.0 Å². The number of rotatable bonds is 7. The lowest BCUT2D eigenvalue weighted by Gasteiger charge is -2.69. The van der Waals surface area contributed by atoms with Gasteiger partial charge in [-0.15, -0.1) is 11.3 Å². The molecule has 5 aliphatic rings. The molecular weight excluding hydrogens is 597 g/mol.